The highest BCUT2D eigenvalue weighted by Gasteiger charge is 2.19. The quantitative estimate of drug-likeness (QED) is 0.0351. The van der Waals surface area contributed by atoms with E-state index in [1.54, 1.807) is 0 Å². The third kappa shape index (κ3) is 41.4. The molecule has 0 heterocycles. The van der Waals surface area contributed by atoms with Crippen LogP contribution < -0.4 is 0 Å². The van der Waals surface area contributed by atoms with Crippen molar-refractivity contribution in [2.75, 3.05) is 13.2 Å². The summed E-state index contributed by atoms with van der Waals surface area (Å²) in [7, 11) is 0. The molecular weight excluding hydrogens is 661 g/mol. The second kappa shape index (κ2) is 41.6. The number of carbonyl (C=O) groups excluding carboxylic acids is 3. The number of hydrogen-bond donors (Lipinski definition) is 0. The fraction of sp³-hybridized carbons (Fsp3) is 0.936. The number of carbonyl (C=O) groups is 3. The van der Waals surface area contributed by atoms with Gasteiger partial charge < -0.3 is 14.2 Å². The van der Waals surface area contributed by atoms with E-state index in [2.05, 4.69) is 27.7 Å². The Balaban J connectivity index is 4.25. The van der Waals surface area contributed by atoms with Gasteiger partial charge in [0.25, 0.3) is 0 Å². The molecule has 0 aliphatic carbocycles. The molecule has 0 N–H and O–H groups in total. The molecule has 1 atom stereocenters. The molecule has 0 rings (SSSR count). The third-order valence-electron chi connectivity index (χ3n) is 10.5. The SMILES string of the molecule is CCCCCCCCCCCCCCCCC(=O)OC[C@H](COC(=O)CCCCCCCCC)OC(=O)CCCCCCCCCCCCCC(C)C. The molecule has 53 heavy (non-hydrogen) atoms. The van der Waals surface area contributed by atoms with E-state index in [9.17, 15) is 14.4 Å². The van der Waals surface area contributed by atoms with Gasteiger partial charge in [0.05, 0.1) is 0 Å². The summed E-state index contributed by atoms with van der Waals surface area (Å²) in [6.45, 7) is 8.96. The van der Waals surface area contributed by atoms with E-state index in [0.717, 1.165) is 63.7 Å². The molecule has 0 amide bonds. The van der Waals surface area contributed by atoms with Gasteiger partial charge >= 0.3 is 17.9 Å². The van der Waals surface area contributed by atoms with Gasteiger partial charge in [-0.3, -0.25) is 14.4 Å². The maximum absolute atomic E-state index is 12.7. The van der Waals surface area contributed by atoms with E-state index in [-0.39, 0.29) is 31.1 Å². The summed E-state index contributed by atoms with van der Waals surface area (Å²) in [4.78, 5) is 37.6. The Labute approximate surface area is 329 Å². The summed E-state index contributed by atoms with van der Waals surface area (Å²) >= 11 is 0. The average Bonchev–Trinajstić information content (AvgIpc) is 3.14. The van der Waals surface area contributed by atoms with Crippen molar-refractivity contribution in [3.05, 3.63) is 0 Å². The van der Waals surface area contributed by atoms with Crippen molar-refractivity contribution in [2.45, 2.75) is 265 Å². The topological polar surface area (TPSA) is 78.9 Å². The van der Waals surface area contributed by atoms with Gasteiger partial charge in [-0.15, -0.1) is 0 Å². The fourth-order valence-electron chi connectivity index (χ4n) is 6.98. The molecular formula is C47H90O6. The standard InChI is InChI=1S/C47H90O6/c1-5-7-9-11-13-14-15-16-17-20-23-27-31-35-39-46(49)52-42-44(41-51-45(48)38-34-30-25-12-10-8-6-2)53-47(50)40-36-32-28-24-21-18-19-22-26-29-33-37-43(3)4/h43-44H,5-42H2,1-4H3/t44-/m0/s1. The minimum absolute atomic E-state index is 0.0639. The normalized spacial score (nSPS) is 11.9. The van der Waals surface area contributed by atoms with Gasteiger partial charge in [0, 0.05) is 19.3 Å². The fourth-order valence-corrected chi connectivity index (χ4v) is 6.98. The first-order valence-electron chi connectivity index (χ1n) is 23.4. The van der Waals surface area contributed by atoms with Gasteiger partial charge in [0.1, 0.15) is 13.2 Å². The van der Waals surface area contributed by atoms with E-state index in [1.165, 1.54) is 154 Å². The molecule has 0 radical (unpaired) electrons. The lowest BCUT2D eigenvalue weighted by Crippen LogP contribution is -2.30. The zero-order valence-electron chi connectivity index (χ0n) is 36.0. The second-order valence-electron chi connectivity index (χ2n) is 16.5. The summed E-state index contributed by atoms with van der Waals surface area (Å²) in [5, 5.41) is 0. The number of esters is 3. The zero-order chi connectivity index (χ0) is 38.9. The van der Waals surface area contributed by atoms with Crippen molar-refractivity contribution in [1.29, 1.82) is 0 Å². The zero-order valence-corrected chi connectivity index (χ0v) is 36.0. The summed E-state index contributed by atoms with van der Waals surface area (Å²) < 4.78 is 16.7. The first-order valence-corrected chi connectivity index (χ1v) is 23.4. The van der Waals surface area contributed by atoms with Crippen LogP contribution in [-0.2, 0) is 28.6 Å². The van der Waals surface area contributed by atoms with Gasteiger partial charge in [-0.25, -0.2) is 0 Å². The number of rotatable bonds is 42. The molecule has 0 aliphatic rings. The molecule has 0 unspecified atom stereocenters. The summed E-state index contributed by atoms with van der Waals surface area (Å²) in [6, 6.07) is 0. The number of ether oxygens (including phenoxy) is 3. The van der Waals surface area contributed by atoms with E-state index in [0.29, 0.717) is 19.3 Å². The lowest BCUT2D eigenvalue weighted by molar-refractivity contribution is -0.167. The van der Waals surface area contributed by atoms with Crippen LogP contribution >= 0.6 is 0 Å². The summed E-state index contributed by atoms with van der Waals surface area (Å²) in [6.07, 6.45) is 40.9. The summed E-state index contributed by atoms with van der Waals surface area (Å²) in [5.74, 6) is -0.0333. The molecule has 0 aromatic carbocycles. The Hall–Kier alpha value is -1.59. The highest BCUT2D eigenvalue weighted by Crippen LogP contribution is 2.16. The predicted octanol–water partition coefficient (Wildman–Crippen LogP) is 14.7. The molecule has 314 valence electrons. The summed E-state index contributed by atoms with van der Waals surface area (Å²) in [5.41, 5.74) is 0. The first kappa shape index (κ1) is 51.4. The van der Waals surface area contributed by atoms with E-state index in [1.807, 2.05) is 0 Å². The minimum Gasteiger partial charge on any atom is -0.462 e. The molecule has 0 aliphatic heterocycles. The molecule has 0 bridgehead atoms. The van der Waals surface area contributed by atoms with Crippen molar-refractivity contribution in [2.24, 2.45) is 5.92 Å². The Kier molecular flexibility index (Phi) is 40.3. The van der Waals surface area contributed by atoms with Gasteiger partial charge in [-0.1, -0.05) is 220 Å². The van der Waals surface area contributed by atoms with E-state index >= 15 is 0 Å². The van der Waals surface area contributed by atoms with Crippen molar-refractivity contribution in [3.8, 4) is 0 Å². The predicted molar refractivity (Wildman–Crippen MR) is 224 cm³/mol. The Morgan fingerprint density at radius 2 is 0.623 bits per heavy atom. The van der Waals surface area contributed by atoms with Crippen molar-refractivity contribution in [3.63, 3.8) is 0 Å². The Morgan fingerprint density at radius 3 is 0.925 bits per heavy atom. The monoisotopic (exact) mass is 751 g/mol. The first-order chi connectivity index (χ1) is 25.9. The second-order valence-corrected chi connectivity index (χ2v) is 16.5. The van der Waals surface area contributed by atoms with Crippen LogP contribution in [0.1, 0.15) is 259 Å². The van der Waals surface area contributed by atoms with Crippen LogP contribution in [0.4, 0.5) is 0 Å². The highest BCUT2D eigenvalue weighted by molar-refractivity contribution is 5.71. The van der Waals surface area contributed by atoms with Crippen LogP contribution in [0.3, 0.4) is 0 Å². The van der Waals surface area contributed by atoms with Crippen LogP contribution in [0.5, 0.6) is 0 Å². The molecule has 0 spiro atoms. The van der Waals surface area contributed by atoms with Crippen molar-refractivity contribution < 1.29 is 28.6 Å². The molecule has 6 nitrogen and oxygen atoms in total. The molecule has 0 saturated heterocycles. The van der Waals surface area contributed by atoms with Gasteiger partial charge in [0.15, 0.2) is 6.10 Å². The largest absolute Gasteiger partial charge is 0.462 e. The smallest absolute Gasteiger partial charge is 0.306 e. The maximum atomic E-state index is 12.7. The average molecular weight is 751 g/mol. The van der Waals surface area contributed by atoms with Crippen LogP contribution in [0, 0.1) is 5.92 Å². The lowest BCUT2D eigenvalue weighted by atomic mass is 10.0. The molecule has 0 aromatic heterocycles. The Bertz CT molecular complexity index is 796. The van der Waals surface area contributed by atoms with Crippen LogP contribution in [-0.4, -0.2) is 37.2 Å². The Morgan fingerprint density at radius 1 is 0.358 bits per heavy atom. The van der Waals surface area contributed by atoms with Gasteiger partial charge in [-0.2, -0.15) is 0 Å². The van der Waals surface area contributed by atoms with E-state index < -0.39 is 6.10 Å². The minimum atomic E-state index is -0.758. The molecule has 0 fully saturated rings. The molecule has 6 heteroatoms. The molecule has 0 aromatic rings. The molecule has 0 saturated carbocycles. The van der Waals surface area contributed by atoms with Crippen LogP contribution in [0.25, 0.3) is 0 Å². The number of unbranched alkanes of at least 4 members (excludes halogenated alkanes) is 29. The highest BCUT2D eigenvalue weighted by atomic mass is 16.6. The van der Waals surface area contributed by atoms with Crippen molar-refractivity contribution >= 4 is 17.9 Å². The van der Waals surface area contributed by atoms with Crippen LogP contribution in [0.2, 0.25) is 0 Å². The van der Waals surface area contributed by atoms with Gasteiger partial charge in [0.2, 0.25) is 0 Å². The number of hydrogen-bond acceptors (Lipinski definition) is 6. The van der Waals surface area contributed by atoms with Crippen molar-refractivity contribution in [1.82, 2.24) is 0 Å². The lowest BCUT2D eigenvalue weighted by Gasteiger charge is -2.18. The van der Waals surface area contributed by atoms with E-state index in [4.69, 9.17) is 14.2 Å². The maximum Gasteiger partial charge on any atom is 0.306 e. The van der Waals surface area contributed by atoms with Gasteiger partial charge in [-0.05, 0) is 25.2 Å². The van der Waals surface area contributed by atoms with Crippen LogP contribution in [0.15, 0.2) is 0 Å². The third-order valence-corrected chi connectivity index (χ3v) is 10.5.